The summed E-state index contributed by atoms with van der Waals surface area (Å²) in [6.07, 6.45) is 0.783. The molecule has 0 saturated carbocycles. The Morgan fingerprint density at radius 2 is 1.57 bits per heavy atom. The molecule has 0 N–H and O–H groups in total. The third-order valence-electron chi connectivity index (χ3n) is 6.43. The molecule has 1 fully saturated rings. The van der Waals surface area contributed by atoms with E-state index in [4.69, 9.17) is 4.98 Å². The van der Waals surface area contributed by atoms with Gasteiger partial charge < -0.3 is 9.80 Å². The zero-order valence-electron chi connectivity index (χ0n) is 19.0. The van der Waals surface area contributed by atoms with Gasteiger partial charge in [0.25, 0.3) is 5.91 Å². The van der Waals surface area contributed by atoms with Crippen LogP contribution in [0.5, 0.6) is 0 Å². The average Bonchev–Trinajstić information content (AvgIpc) is 3.19. The fourth-order valence-corrected chi connectivity index (χ4v) is 4.68. The van der Waals surface area contributed by atoms with E-state index in [1.165, 1.54) is 6.07 Å². The summed E-state index contributed by atoms with van der Waals surface area (Å²) in [4.78, 5) is 22.0. The number of halogens is 1. The SMILES string of the molecule is O=C(c1ccccc1)N1CCCN(c2nc3ccccc3c3nnc(-c4ccccc4F)n23)CC1. The van der Waals surface area contributed by atoms with Crippen LogP contribution in [-0.2, 0) is 0 Å². The van der Waals surface area contributed by atoms with Gasteiger partial charge >= 0.3 is 0 Å². The maximum absolute atomic E-state index is 14.8. The lowest BCUT2D eigenvalue weighted by Crippen LogP contribution is -2.35. The number of carbonyl (C=O) groups excluding carboxylic acids is 1. The number of aromatic nitrogens is 4. The van der Waals surface area contributed by atoms with Crippen LogP contribution in [0.3, 0.4) is 0 Å². The van der Waals surface area contributed by atoms with Crippen LogP contribution in [0.25, 0.3) is 27.9 Å². The van der Waals surface area contributed by atoms with Crippen LogP contribution < -0.4 is 4.90 Å². The molecular formula is C27H23FN6O. The normalized spacial score (nSPS) is 14.4. The summed E-state index contributed by atoms with van der Waals surface area (Å²) < 4.78 is 16.6. The lowest BCUT2D eigenvalue weighted by molar-refractivity contribution is 0.0767. The van der Waals surface area contributed by atoms with Gasteiger partial charge in [0.15, 0.2) is 11.5 Å². The van der Waals surface area contributed by atoms with Gasteiger partial charge in [-0.2, -0.15) is 0 Å². The molecule has 1 amide bonds. The predicted molar refractivity (Wildman–Crippen MR) is 133 cm³/mol. The molecule has 1 aliphatic rings. The second kappa shape index (κ2) is 8.79. The number of hydrogen-bond acceptors (Lipinski definition) is 5. The van der Waals surface area contributed by atoms with Crippen molar-refractivity contribution >= 4 is 28.4 Å². The topological polar surface area (TPSA) is 66.6 Å². The Kier molecular flexibility index (Phi) is 5.33. The summed E-state index contributed by atoms with van der Waals surface area (Å²) in [5.74, 6) is 0.723. The van der Waals surface area contributed by atoms with Crippen molar-refractivity contribution in [2.45, 2.75) is 6.42 Å². The molecule has 0 bridgehead atoms. The first kappa shape index (κ1) is 21.2. The largest absolute Gasteiger partial charge is 0.340 e. The van der Waals surface area contributed by atoms with Gasteiger partial charge in [-0.25, -0.2) is 13.8 Å². The molecule has 2 aromatic heterocycles. The molecule has 8 heteroatoms. The van der Waals surface area contributed by atoms with E-state index in [-0.39, 0.29) is 11.7 Å². The number of carbonyl (C=O) groups is 1. The van der Waals surface area contributed by atoms with Crippen molar-refractivity contribution in [3.63, 3.8) is 0 Å². The Balaban J connectivity index is 1.43. The van der Waals surface area contributed by atoms with Crippen molar-refractivity contribution in [1.29, 1.82) is 0 Å². The molecule has 3 heterocycles. The van der Waals surface area contributed by atoms with Crippen LogP contribution in [-0.4, -0.2) is 56.6 Å². The van der Waals surface area contributed by atoms with Crippen molar-refractivity contribution in [3.8, 4) is 11.4 Å². The Hall–Kier alpha value is -4.33. The summed E-state index contributed by atoms with van der Waals surface area (Å²) in [5, 5.41) is 9.67. The average molecular weight is 467 g/mol. The molecule has 1 aliphatic heterocycles. The van der Waals surface area contributed by atoms with Gasteiger partial charge in [-0.15, -0.1) is 10.2 Å². The molecule has 35 heavy (non-hydrogen) atoms. The third kappa shape index (κ3) is 3.77. The van der Waals surface area contributed by atoms with E-state index < -0.39 is 0 Å². The zero-order valence-corrected chi connectivity index (χ0v) is 19.0. The molecule has 7 nitrogen and oxygen atoms in total. The first-order chi connectivity index (χ1) is 17.2. The number of hydrogen-bond donors (Lipinski definition) is 0. The second-order valence-corrected chi connectivity index (χ2v) is 8.59. The summed E-state index contributed by atoms with van der Waals surface area (Å²) in [5.41, 5.74) is 2.48. The minimum Gasteiger partial charge on any atom is -0.340 e. The van der Waals surface area contributed by atoms with E-state index in [9.17, 15) is 9.18 Å². The molecule has 6 rings (SSSR count). The first-order valence-corrected chi connectivity index (χ1v) is 11.7. The maximum atomic E-state index is 14.8. The summed E-state index contributed by atoms with van der Waals surface area (Å²) in [7, 11) is 0. The fraction of sp³-hybridized carbons (Fsp3) is 0.185. The standard InChI is InChI=1S/C27H23FN6O/c28-22-13-6-4-11-20(22)24-30-31-25-21-12-5-7-14-23(21)29-27(34(24)25)33-16-8-15-32(17-18-33)26(35)19-9-2-1-3-10-19/h1-7,9-14H,8,15-18H2. The number of nitrogens with zero attached hydrogens (tertiary/aromatic N) is 6. The van der Waals surface area contributed by atoms with Crippen LogP contribution in [0.4, 0.5) is 10.3 Å². The van der Waals surface area contributed by atoms with E-state index in [0.29, 0.717) is 54.7 Å². The number of para-hydroxylation sites is 1. The minimum absolute atomic E-state index is 0.0282. The fourth-order valence-electron chi connectivity index (χ4n) is 4.68. The molecule has 0 atom stereocenters. The number of rotatable bonds is 3. The van der Waals surface area contributed by atoms with Crippen molar-refractivity contribution in [3.05, 3.63) is 90.2 Å². The van der Waals surface area contributed by atoms with Crippen molar-refractivity contribution in [2.24, 2.45) is 0 Å². The Labute approximate surface area is 201 Å². The summed E-state index contributed by atoms with van der Waals surface area (Å²) in [6.45, 7) is 2.51. The smallest absolute Gasteiger partial charge is 0.253 e. The molecule has 0 radical (unpaired) electrons. The number of anilines is 1. The van der Waals surface area contributed by atoms with Crippen LogP contribution in [0, 0.1) is 5.82 Å². The Morgan fingerprint density at radius 3 is 2.43 bits per heavy atom. The zero-order chi connectivity index (χ0) is 23.8. The van der Waals surface area contributed by atoms with Crippen molar-refractivity contribution < 1.29 is 9.18 Å². The van der Waals surface area contributed by atoms with Crippen LogP contribution >= 0.6 is 0 Å². The number of benzene rings is 3. The lowest BCUT2D eigenvalue weighted by atomic mass is 10.2. The van der Waals surface area contributed by atoms with Crippen molar-refractivity contribution in [1.82, 2.24) is 24.5 Å². The molecule has 174 valence electrons. The Bertz CT molecular complexity index is 1530. The van der Waals surface area contributed by atoms with E-state index in [0.717, 1.165) is 17.3 Å². The van der Waals surface area contributed by atoms with Crippen LogP contribution in [0.15, 0.2) is 78.9 Å². The quantitative estimate of drug-likeness (QED) is 0.393. The van der Waals surface area contributed by atoms with E-state index in [2.05, 4.69) is 15.1 Å². The highest BCUT2D eigenvalue weighted by atomic mass is 19.1. The van der Waals surface area contributed by atoms with Gasteiger partial charge in [-0.3, -0.25) is 4.79 Å². The monoisotopic (exact) mass is 466 g/mol. The molecule has 3 aromatic carbocycles. The highest BCUT2D eigenvalue weighted by molar-refractivity contribution is 5.94. The van der Waals surface area contributed by atoms with Crippen LogP contribution in [0.1, 0.15) is 16.8 Å². The minimum atomic E-state index is -0.364. The number of fused-ring (bicyclic) bond motifs is 3. The van der Waals surface area contributed by atoms with E-state index >= 15 is 0 Å². The Morgan fingerprint density at radius 1 is 0.800 bits per heavy atom. The van der Waals surface area contributed by atoms with Gasteiger partial charge in [0, 0.05) is 37.1 Å². The molecule has 0 aliphatic carbocycles. The van der Waals surface area contributed by atoms with E-state index in [1.807, 2.05) is 63.9 Å². The predicted octanol–water partition coefficient (Wildman–Crippen LogP) is 4.44. The van der Waals surface area contributed by atoms with Gasteiger partial charge in [0.05, 0.1) is 11.1 Å². The van der Waals surface area contributed by atoms with Gasteiger partial charge in [-0.1, -0.05) is 42.5 Å². The molecule has 0 spiro atoms. The summed E-state index contributed by atoms with van der Waals surface area (Å²) >= 11 is 0. The first-order valence-electron chi connectivity index (χ1n) is 11.7. The highest BCUT2D eigenvalue weighted by Crippen LogP contribution is 2.30. The van der Waals surface area contributed by atoms with Crippen molar-refractivity contribution in [2.75, 3.05) is 31.1 Å². The molecular weight excluding hydrogens is 443 g/mol. The molecule has 5 aromatic rings. The van der Waals surface area contributed by atoms with Gasteiger partial charge in [-0.05, 0) is 42.8 Å². The number of amides is 1. The molecule has 0 unspecified atom stereocenters. The highest BCUT2D eigenvalue weighted by Gasteiger charge is 2.25. The van der Waals surface area contributed by atoms with E-state index in [1.54, 1.807) is 18.2 Å². The van der Waals surface area contributed by atoms with Gasteiger partial charge in [0.2, 0.25) is 5.95 Å². The second-order valence-electron chi connectivity index (χ2n) is 8.59. The lowest BCUT2D eigenvalue weighted by Gasteiger charge is -2.24. The summed E-state index contributed by atoms with van der Waals surface area (Å²) in [6, 6.07) is 23.7. The molecule has 1 saturated heterocycles. The van der Waals surface area contributed by atoms with Crippen LogP contribution in [0.2, 0.25) is 0 Å². The van der Waals surface area contributed by atoms with Gasteiger partial charge in [0.1, 0.15) is 5.82 Å². The third-order valence-corrected chi connectivity index (χ3v) is 6.43. The maximum Gasteiger partial charge on any atom is 0.253 e.